The van der Waals surface area contributed by atoms with Crippen molar-refractivity contribution in [2.75, 3.05) is 0 Å². The topological polar surface area (TPSA) is 56.0 Å². The van der Waals surface area contributed by atoms with E-state index in [0.29, 0.717) is 11.5 Å². The number of carbonyl (C=O) groups is 1. The molecule has 2 aromatic rings. The van der Waals surface area contributed by atoms with Crippen LogP contribution in [0.1, 0.15) is 79.3 Å². The summed E-state index contributed by atoms with van der Waals surface area (Å²) in [5, 5.41) is 0. The summed E-state index contributed by atoms with van der Waals surface area (Å²) in [6, 6.07) is 8.40. The molecule has 0 unspecified atom stereocenters. The van der Waals surface area contributed by atoms with Crippen LogP contribution in [0.5, 0.6) is 0 Å². The second kappa shape index (κ2) is 9.68. The van der Waals surface area contributed by atoms with Crippen molar-refractivity contribution in [3.8, 4) is 11.1 Å². The minimum Gasteiger partial charge on any atom is -0.366 e. The standard InChI is InChI=1S/C24H34N2O/c1-6-7-8-9-10-20-21(15-16(2)3)26-18(5)22(24(25)27)23(20)19-13-11-17(4)12-14-19/h11-14,16H,6-10,15H2,1-5H3,(H2,25,27). The molecule has 0 aliphatic rings. The first kappa shape index (κ1) is 21.1. The lowest BCUT2D eigenvalue weighted by Gasteiger charge is -2.20. The Labute approximate surface area is 164 Å². The molecule has 0 aliphatic carbocycles. The normalized spacial score (nSPS) is 11.2. The predicted molar refractivity (Wildman–Crippen MR) is 114 cm³/mol. The average Bonchev–Trinajstić information content (AvgIpc) is 2.59. The van der Waals surface area contributed by atoms with Crippen LogP contribution in [-0.2, 0) is 12.8 Å². The lowest BCUT2D eigenvalue weighted by molar-refractivity contribution is 0.1000. The van der Waals surface area contributed by atoms with Crippen molar-refractivity contribution in [3.63, 3.8) is 0 Å². The van der Waals surface area contributed by atoms with E-state index in [1.54, 1.807) is 0 Å². The number of nitrogens with two attached hydrogens (primary N) is 1. The fraction of sp³-hybridized carbons (Fsp3) is 0.500. The zero-order chi connectivity index (χ0) is 20.0. The number of hydrogen-bond acceptors (Lipinski definition) is 2. The summed E-state index contributed by atoms with van der Waals surface area (Å²) < 4.78 is 0. The van der Waals surface area contributed by atoms with E-state index in [0.717, 1.165) is 41.8 Å². The summed E-state index contributed by atoms with van der Waals surface area (Å²) in [6.45, 7) is 10.6. The molecule has 0 saturated heterocycles. The van der Waals surface area contributed by atoms with Crippen molar-refractivity contribution in [3.05, 3.63) is 52.3 Å². The van der Waals surface area contributed by atoms with Gasteiger partial charge < -0.3 is 5.73 Å². The van der Waals surface area contributed by atoms with E-state index >= 15 is 0 Å². The lowest BCUT2D eigenvalue weighted by Crippen LogP contribution is -2.19. The van der Waals surface area contributed by atoms with Crippen molar-refractivity contribution >= 4 is 5.91 Å². The van der Waals surface area contributed by atoms with Gasteiger partial charge in [0, 0.05) is 11.3 Å². The third-order valence-corrected chi connectivity index (χ3v) is 5.03. The molecule has 2 N–H and O–H groups in total. The predicted octanol–water partition coefficient (Wildman–Crippen LogP) is 5.79. The van der Waals surface area contributed by atoms with E-state index in [1.807, 2.05) is 6.92 Å². The number of carbonyl (C=O) groups excluding carboxylic acids is 1. The Hall–Kier alpha value is -2.16. The maximum atomic E-state index is 12.3. The highest BCUT2D eigenvalue weighted by Gasteiger charge is 2.22. The second-order valence-electron chi connectivity index (χ2n) is 8.01. The van der Waals surface area contributed by atoms with Gasteiger partial charge in [-0.1, -0.05) is 69.9 Å². The van der Waals surface area contributed by atoms with Gasteiger partial charge in [-0.3, -0.25) is 9.78 Å². The number of primary amides is 1. The van der Waals surface area contributed by atoms with Gasteiger partial charge in [0.15, 0.2) is 0 Å². The van der Waals surface area contributed by atoms with Crippen LogP contribution in [0.4, 0.5) is 0 Å². The number of rotatable bonds is 9. The van der Waals surface area contributed by atoms with Crippen LogP contribution in [0.25, 0.3) is 11.1 Å². The van der Waals surface area contributed by atoms with Gasteiger partial charge in [0.25, 0.3) is 5.91 Å². The summed E-state index contributed by atoms with van der Waals surface area (Å²) in [5.74, 6) is 0.123. The fourth-order valence-electron chi connectivity index (χ4n) is 3.70. The molecule has 0 atom stereocenters. The molecule has 0 spiro atoms. The largest absolute Gasteiger partial charge is 0.366 e. The van der Waals surface area contributed by atoms with Crippen LogP contribution in [0.15, 0.2) is 24.3 Å². The van der Waals surface area contributed by atoms with Gasteiger partial charge in [-0.2, -0.15) is 0 Å². The molecule has 0 radical (unpaired) electrons. The Balaban J connectivity index is 2.66. The maximum absolute atomic E-state index is 12.3. The lowest BCUT2D eigenvalue weighted by atomic mass is 9.87. The van der Waals surface area contributed by atoms with Crippen LogP contribution in [-0.4, -0.2) is 10.9 Å². The first-order valence-corrected chi connectivity index (χ1v) is 10.2. The number of hydrogen-bond donors (Lipinski definition) is 1. The van der Waals surface area contributed by atoms with E-state index in [1.165, 1.54) is 30.4 Å². The molecule has 3 heteroatoms. The SMILES string of the molecule is CCCCCCc1c(CC(C)C)nc(C)c(C(N)=O)c1-c1ccc(C)cc1. The Kier molecular flexibility index (Phi) is 7.58. The molecule has 0 fully saturated rings. The fourth-order valence-corrected chi connectivity index (χ4v) is 3.70. The molecule has 0 saturated carbocycles. The van der Waals surface area contributed by atoms with E-state index in [4.69, 9.17) is 10.7 Å². The van der Waals surface area contributed by atoms with E-state index in [-0.39, 0.29) is 5.91 Å². The molecule has 2 rings (SSSR count). The van der Waals surface area contributed by atoms with Crippen LogP contribution in [0.2, 0.25) is 0 Å². The Morgan fingerprint density at radius 2 is 1.74 bits per heavy atom. The Morgan fingerprint density at radius 3 is 2.30 bits per heavy atom. The van der Waals surface area contributed by atoms with Gasteiger partial charge in [-0.25, -0.2) is 0 Å². The molecule has 0 bridgehead atoms. The van der Waals surface area contributed by atoms with Gasteiger partial charge in [0.1, 0.15) is 0 Å². The van der Waals surface area contributed by atoms with Crippen LogP contribution >= 0.6 is 0 Å². The number of amides is 1. The monoisotopic (exact) mass is 366 g/mol. The van der Waals surface area contributed by atoms with Gasteiger partial charge in [-0.05, 0) is 50.2 Å². The quantitative estimate of drug-likeness (QED) is 0.571. The summed E-state index contributed by atoms with van der Waals surface area (Å²) in [7, 11) is 0. The van der Waals surface area contributed by atoms with Crippen LogP contribution < -0.4 is 5.73 Å². The molecular weight excluding hydrogens is 332 g/mol. The zero-order valence-corrected chi connectivity index (χ0v) is 17.6. The first-order valence-electron chi connectivity index (χ1n) is 10.2. The third kappa shape index (κ3) is 5.41. The van der Waals surface area contributed by atoms with Crippen molar-refractivity contribution < 1.29 is 4.79 Å². The highest BCUT2D eigenvalue weighted by molar-refractivity contribution is 6.01. The van der Waals surface area contributed by atoms with Gasteiger partial charge in [0.2, 0.25) is 0 Å². The summed E-state index contributed by atoms with van der Waals surface area (Å²) in [4.78, 5) is 17.2. The third-order valence-electron chi connectivity index (χ3n) is 5.03. The molecule has 0 aliphatic heterocycles. The molecule has 1 aromatic carbocycles. The van der Waals surface area contributed by atoms with E-state index in [9.17, 15) is 4.79 Å². The number of unbranched alkanes of at least 4 members (excludes halogenated alkanes) is 3. The molecule has 1 amide bonds. The second-order valence-corrected chi connectivity index (χ2v) is 8.01. The van der Waals surface area contributed by atoms with E-state index < -0.39 is 0 Å². The van der Waals surface area contributed by atoms with Crippen molar-refractivity contribution in [2.45, 2.75) is 73.1 Å². The minimum atomic E-state index is -0.388. The van der Waals surface area contributed by atoms with Gasteiger partial charge >= 0.3 is 0 Å². The van der Waals surface area contributed by atoms with Crippen molar-refractivity contribution in [1.82, 2.24) is 4.98 Å². The van der Waals surface area contributed by atoms with Gasteiger partial charge in [-0.15, -0.1) is 0 Å². The highest BCUT2D eigenvalue weighted by Crippen LogP contribution is 2.33. The average molecular weight is 367 g/mol. The Bertz CT molecular complexity index is 776. The summed E-state index contributed by atoms with van der Waals surface area (Å²) in [5.41, 5.74) is 12.7. The number of aromatic nitrogens is 1. The molecular formula is C24H34N2O. The summed E-state index contributed by atoms with van der Waals surface area (Å²) in [6.07, 6.45) is 6.62. The smallest absolute Gasteiger partial charge is 0.251 e. The minimum absolute atomic E-state index is 0.388. The molecule has 3 nitrogen and oxygen atoms in total. The van der Waals surface area contributed by atoms with Crippen LogP contribution in [0.3, 0.4) is 0 Å². The molecule has 1 aromatic heterocycles. The number of pyridine rings is 1. The molecule has 27 heavy (non-hydrogen) atoms. The van der Waals surface area contributed by atoms with E-state index in [2.05, 4.69) is 52.0 Å². The van der Waals surface area contributed by atoms with Gasteiger partial charge in [0.05, 0.1) is 11.3 Å². The number of benzene rings is 1. The Morgan fingerprint density at radius 1 is 1.07 bits per heavy atom. The maximum Gasteiger partial charge on any atom is 0.251 e. The molecule has 146 valence electrons. The first-order chi connectivity index (χ1) is 12.8. The van der Waals surface area contributed by atoms with Crippen molar-refractivity contribution in [1.29, 1.82) is 0 Å². The van der Waals surface area contributed by atoms with Crippen molar-refractivity contribution in [2.24, 2.45) is 11.7 Å². The number of aryl methyl sites for hydroxylation is 2. The number of nitrogens with zero attached hydrogens (tertiary/aromatic N) is 1. The summed E-state index contributed by atoms with van der Waals surface area (Å²) >= 11 is 0. The zero-order valence-electron chi connectivity index (χ0n) is 17.6. The molecule has 1 heterocycles. The highest BCUT2D eigenvalue weighted by atomic mass is 16.1. The van der Waals surface area contributed by atoms with Crippen LogP contribution in [0, 0.1) is 19.8 Å².